The summed E-state index contributed by atoms with van der Waals surface area (Å²) in [4.78, 5) is 5.04. The molecule has 0 bridgehead atoms. The van der Waals surface area contributed by atoms with Crippen LogP contribution >= 0.6 is 0 Å². The third-order valence-corrected chi connectivity index (χ3v) is 4.82. The van der Waals surface area contributed by atoms with Crippen molar-refractivity contribution in [2.75, 3.05) is 33.7 Å². The Morgan fingerprint density at radius 1 is 1.31 bits per heavy atom. The molecule has 0 atom stereocenters. The van der Waals surface area contributed by atoms with Gasteiger partial charge in [0, 0.05) is 18.1 Å². The normalized spacial score (nSPS) is 37.7. The summed E-state index contributed by atoms with van der Waals surface area (Å²) in [6.45, 7) is 5.66. The molecule has 2 N–H and O–H groups in total. The van der Waals surface area contributed by atoms with E-state index in [0.717, 1.165) is 18.5 Å². The summed E-state index contributed by atoms with van der Waals surface area (Å²) >= 11 is 0. The van der Waals surface area contributed by atoms with Gasteiger partial charge >= 0.3 is 0 Å². The zero-order chi connectivity index (χ0) is 11.8. The van der Waals surface area contributed by atoms with Gasteiger partial charge in [0.2, 0.25) is 0 Å². The van der Waals surface area contributed by atoms with E-state index in [1.54, 1.807) is 0 Å². The van der Waals surface area contributed by atoms with E-state index in [9.17, 15) is 0 Å². The van der Waals surface area contributed by atoms with Gasteiger partial charge in [0.15, 0.2) is 0 Å². The van der Waals surface area contributed by atoms with Crippen LogP contribution in [0, 0.1) is 5.92 Å². The van der Waals surface area contributed by atoms with Crippen molar-refractivity contribution in [3.8, 4) is 0 Å². The Balaban J connectivity index is 1.93. The van der Waals surface area contributed by atoms with Crippen LogP contribution in [0.2, 0.25) is 0 Å². The first-order chi connectivity index (χ1) is 7.57. The van der Waals surface area contributed by atoms with Gasteiger partial charge in [-0.05, 0) is 58.8 Å². The fourth-order valence-corrected chi connectivity index (χ4v) is 3.61. The van der Waals surface area contributed by atoms with Gasteiger partial charge in [-0.1, -0.05) is 6.92 Å². The van der Waals surface area contributed by atoms with Gasteiger partial charge < -0.3 is 10.6 Å². The van der Waals surface area contributed by atoms with E-state index in [1.165, 1.54) is 38.8 Å². The first kappa shape index (κ1) is 12.3. The van der Waals surface area contributed by atoms with Crippen LogP contribution in [0.1, 0.15) is 32.6 Å². The molecule has 2 fully saturated rings. The molecular formula is C13H27N3. The summed E-state index contributed by atoms with van der Waals surface area (Å²) in [7, 11) is 4.52. The lowest BCUT2D eigenvalue weighted by molar-refractivity contribution is -0.0363. The molecule has 3 nitrogen and oxygen atoms in total. The average molecular weight is 225 g/mol. The minimum Gasteiger partial charge on any atom is -0.329 e. The van der Waals surface area contributed by atoms with Crippen LogP contribution in [-0.4, -0.2) is 55.1 Å². The molecule has 3 heteroatoms. The van der Waals surface area contributed by atoms with Gasteiger partial charge in [-0.3, -0.25) is 4.90 Å². The second-order valence-electron chi connectivity index (χ2n) is 6.09. The minimum absolute atomic E-state index is 0.333. The predicted octanol–water partition coefficient (Wildman–Crippen LogP) is 1.14. The summed E-state index contributed by atoms with van der Waals surface area (Å²) in [5, 5.41) is 0. The molecular weight excluding hydrogens is 198 g/mol. The van der Waals surface area contributed by atoms with Crippen LogP contribution in [0.15, 0.2) is 0 Å². The zero-order valence-corrected chi connectivity index (χ0v) is 11.1. The predicted molar refractivity (Wildman–Crippen MR) is 68.5 cm³/mol. The molecule has 0 aromatic rings. The molecule has 0 radical (unpaired) electrons. The van der Waals surface area contributed by atoms with Gasteiger partial charge in [-0.15, -0.1) is 0 Å². The summed E-state index contributed by atoms with van der Waals surface area (Å²) < 4.78 is 0. The van der Waals surface area contributed by atoms with Crippen LogP contribution in [0.3, 0.4) is 0 Å². The van der Waals surface area contributed by atoms with E-state index in [1.807, 2.05) is 0 Å². The summed E-state index contributed by atoms with van der Waals surface area (Å²) in [5.74, 6) is 0.872. The first-order valence-corrected chi connectivity index (χ1v) is 6.69. The highest BCUT2D eigenvalue weighted by Gasteiger charge is 2.46. The lowest BCUT2D eigenvalue weighted by Gasteiger charge is -2.55. The van der Waals surface area contributed by atoms with E-state index >= 15 is 0 Å². The quantitative estimate of drug-likeness (QED) is 0.782. The number of piperidine rings is 1. The Kier molecular flexibility index (Phi) is 3.57. The lowest BCUT2D eigenvalue weighted by atomic mass is 9.67. The van der Waals surface area contributed by atoms with E-state index in [4.69, 9.17) is 5.73 Å². The molecule has 1 heterocycles. The van der Waals surface area contributed by atoms with E-state index in [2.05, 4.69) is 30.8 Å². The van der Waals surface area contributed by atoms with E-state index < -0.39 is 0 Å². The molecule has 16 heavy (non-hydrogen) atoms. The second kappa shape index (κ2) is 4.63. The number of nitrogens with two attached hydrogens (primary N) is 1. The SMILES string of the molecule is CC1CC(CN)(N(C)C2CCN(C)CC2)C1. The number of nitrogens with zero attached hydrogens (tertiary/aromatic N) is 2. The van der Waals surface area contributed by atoms with Crippen molar-refractivity contribution in [2.24, 2.45) is 11.7 Å². The van der Waals surface area contributed by atoms with Crippen LogP contribution in [0.4, 0.5) is 0 Å². The van der Waals surface area contributed by atoms with Crippen molar-refractivity contribution in [1.29, 1.82) is 0 Å². The smallest absolute Gasteiger partial charge is 0.0336 e. The minimum atomic E-state index is 0.333. The van der Waals surface area contributed by atoms with Crippen LogP contribution in [-0.2, 0) is 0 Å². The maximum atomic E-state index is 6.01. The largest absolute Gasteiger partial charge is 0.329 e. The molecule has 2 rings (SSSR count). The number of hydrogen-bond donors (Lipinski definition) is 1. The Morgan fingerprint density at radius 2 is 1.88 bits per heavy atom. The van der Waals surface area contributed by atoms with Gasteiger partial charge in [-0.25, -0.2) is 0 Å². The van der Waals surface area contributed by atoms with Crippen molar-refractivity contribution in [3.63, 3.8) is 0 Å². The van der Waals surface area contributed by atoms with Crippen molar-refractivity contribution >= 4 is 0 Å². The van der Waals surface area contributed by atoms with Gasteiger partial charge in [-0.2, -0.15) is 0 Å². The van der Waals surface area contributed by atoms with Crippen LogP contribution in [0.25, 0.3) is 0 Å². The summed E-state index contributed by atoms with van der Waals surface area (Å²) in [6.07, 6.45) is 5.21. The molecule has 0 aromatic carbocycles. The Morgan fingerprint density at radius 3 is 2.31 bits per heavy atom. The third kappa shape index (κ3) is 2.13. The van der Waals surface area contributed by atoms with E-state index in [-0.39, 0.29) is 0 Å². The first-order valence-electron chi connectivity index (χ1n) is 6.69. The fraction of sp³-hybridized carbons (Fsp3) is 1.00. The monoisotopic (exact) mass is 225 g/mol. The van der Waals surface area contributed by atoms with Crippen molar-refractivity contribution < 1.29 is 0 Å². The van der Waals surface area contributed by atoms with E-state index in [0.29, 0.717) is 5.54 Å². The molecule has 94 valence electrons. The maximum Gasteiger partial charge on any atom is 0.0336 e. The molecule has 1 aliphatic carbocycles. The van der Waals surface area contributed by atoms with Crippen molar-refractivity contribution in [2.45, 2.75) is 44.2 Å². The number of likely N-dealkylation sites (N-methyl/N-ethyl adjacent to an activating group) is 1. The molecule has 0 unspecified atom stereocenters. The molecule has 1 aliphatic heterocycles. The Hall–Kier alpha value is -0.120. The van der Waals surface area contributed by atoms with Crippen molar-refractivity contribution in [3.05, 3.63) is 0 Å². The van der Waals surface area contributed by atoms with Gasteiger partial charge in [0.05, 0.1) is 0 Å². The number of rotatable bonds is 3. The molecule has 0 aromatic heterocycles. The van der Waals surface area contributed by atoms with Gasteiger partial charge in [0.1, 0.15) is 0 Å². The fourth-order valence-electron chi connectivity index (χ4n) is 3.61. The molecule has 0 spiro atoms. The topological polar surface area (TPSA) is 32.5 Å². The number of hydrogen-bond acceptors (Lipinski definition) is 3. The van der Waals surface area contributed by atoms with Crippen LogP contribution < -0.4 is 5.73 Å². The lowest BCUT2D eigenvalue weighted by Crippen LogP contribution is -2.63. The molecule has 1 saturated carbocycles. The highest BCUT2D eigenvalue weighted by atomic mass is 15.2. The Bertz CT molecular complexity index is 227. The summed E-state index contributed by atoms with van der Waals surface area (Å²) in [5.41, 5.74) is 6.35. The third-order valence-electron chi connectivity index (χ3n) is 4.82. The summed E-state index contributed by atoms with van der Waals surface area (Å²) in [6, 6.07) is 0.757. The van der Waals surface area contributed by atoms with Crippen molar-refractivity contribution in [1.82, 2.24) is 9.80 Å². The molecule has 1 saturated heterocycles. The van der Waals surface area contributed by atoms with Gasteiger partial charge in [0.25, 0.3) is 0 Å². The number of likely N-dealkylation sites (tertiary alicyclic amines) is 1. The highest BCUT2D eigenvalue weighted by molar-refractivity contribution is 5.03. The Labute approximate surface area is 100.0 Å². The maximum absolute atomic E-state index is 6.01. The zero-order valence-electron chi connectivity index (χ0n) is 11.1. The van der Waals surface area contributed by atoms with Crippen LogP contribution in [0.5, 0.6) is 0 Å². The highest BCUT2D eigenvalue weighted by Crippen LogP contribution is 2.42. The second-order valence-corrected chi connectivity index (χ2v) is 6.09. The average Bonchev–Trinajstić information content (AvgIpc) is 2.24. The standard InChI is InChI=1S/C13H27N3/c1-11-8-13(9-11,10-14)16(3)12-4-6-15(2)7-5-12/h11-12H,4-10,14H2,1-3H3. The molecule has 0 amide bonds. The molecule has 2 aliphatic rings.